The first-order chi connectivity index (χ1) is 15.2. The van der Waals surface area contributed by atoms with Crippen LogP contribution in [0.3, 0.4) is 0 Å². The lowest BCUT2D eigenvalue weighted by Gasteiger charge is -2.31. The Morgan fingerprint density at radius 3 is 2.66 bits per heavy atom. The summed E-state index contributed by atoms with van der Waals surface area (Å²) < 4.78 is 41.1. The Morgan fingerprint density at radius 1 is 1.19 bits per heavy atom. The van der Waals surface area contributed by atoms with Gasteiger partial charge in [-0.15, -0.1) is 11.3 Å². The topological polar surface area (TPSA) is 71.2 Å². The SMILES string of the molecule is Cc1ccc2c(N)c(C(=O)NCCc3ccc(N4CCCCC4)c(C(F)(F)F)c3)sc2n1. The summed E-state index contributed by atoms with van der Waals surface area (Å²) in [7, 11) is 0. The standard InChI is InChI=1S/C23H25F3N4OS/c1-14-5-7-16-19(27)20(32-22(16)29-14)21(31)28-10-9-15-6-8-18(17(13-15)23(24,25)26)30-11-3-2-4-12-30/h5-8,13H,2-4,9-12,27H2,1H3,(H,28,31). The van der Waals surface area contributed by atoms with E-state index in [0.717, 1.165) is 30.3 Å². The third-order valence-corrected chi connectivity index (χ3v) is 6.82. The molecule has 1 aliphatic rings. The van der Waals surface area contributed by atoms with Gasteiger partial charge < -0.3 is 16.0 Å². The molecule has 0 aliphatic carbocycles. The highest BCUT2D eigenvalue weighted by Crippen LogP contribution is 2.38. The van der Waals surface area contributed by atoms with Gasteiger partial charge in [0.2, 0.25) is 0 Å². The number of anilines is 2. The number of nitrogen functional groups attached to an aromatic ring is 1. The van der Waals surface area contributed by atoms with Crippen molar-refractivity contribution in [2.45, 2.75) is 38.8 Å². The van der Waals surface area contributed by atoms with Gasteiger partial charge in [-0.05, 0) is 62.4 Å². The van der Waals surface area contributed by atoms with E-state index in [0.29, 0.717) is 34.0 Å². The van der Waals surface area contributed by atoms with Gasteiger partial charge in [0.15, 0.2) is 0 Å². The minimum Gasteiger partial charge on any atom is -0.397 e. The lowest BCUT2D eigenvalue weighted by atomic mass is 10.0. The van der Waals surface area contributed by atoms with Gasteiger partial charge in [0.25, 0.3) is 5.91 Å². The normalized spacial score (nSPS) is 14.7. The van der Waals surface area contributed by atoms with Gasteiger partial charge in [-0.1, -0.05) is 6.07 Å². The second-order valence-corrected chi connectivity index (χ2v) is 9.05. The first-order valence-corrected chi connectivity index (χ1v) is 11.4. The number of hydrogen-bond donors (Lipinski definition) is 2. The maximum absolute atomic E-state index is 13.7. The monoisotopic (exact) mass is 462 g/mol. The number of carbonyl (C=O) groups excluding carboxylic acids is 1. The number of carbonyl (C=O) groups is 1. The lowest BCUT2D eigenvalue weighted by Crippen LogP contribution is -2.31. The maximum atomic E-state index is 13.7. The summed E-state index contributed by atoms with van der Waals surface area (Å²) in [4.78, 5) is 19.9. The number of aryl methyl sites for hydroxylation is 1. The average molecular weight is 463 g/mol. The lowest BCUT2D eigenvalue weighted by molar-refractivity contribution is -0.137. The second-order valence-electron chi connectivity index (χ2n) is 8.05. The molecular formula is C23H25F3N4OS. The van der Waals surface area contributed by atoms with Crippen molar-refractivity contribution in [2.24, 2.45) is 0 Å². The van der Waals surface area contributed by atoms with Gasteiger partial charge >= 0.3 is 6.18 Å². The second kappa shape index (κ2) is 8.97. The summed E-state index contributed by atoms with van der Waals surface area (Å²) >= 11 is 1.21. The fraction of sp³-hybridized carbons (Fsp3) is 0.391. The number of piperidine rings is 1. The number of thiophene rings is 1. The summed E-state index contributed by atoms with van der Waals surface area (Å²) in [5.74, 6) is -0.343. The molecule has 0 unspecified atom stereocenters. The Bertz CT molecular complexity index is 1140. The van der Waals surface area contributed by atoms with Crippen molar-refractivity contribution in [3.05, 3.63) is 52.0 Å². The third kappa shape index (κ3) is 4.67. The summed E-state index contributed by atoms with van der Waals surface area (Å²) in [5.41, 5.74) is 7.47. The molecule has 170 valence electrons. The van der Waals surface area contributed by atoms with E-state index in [-0.39, 0.29) is 24.6 Å². The molecule has 4 rings (SSSR count). The number of benzene rings is 1. The Labute approximate surface area is 188 Å². The molecule has 3 aromatic rings. The molecule has 1 aromatic carbocycles. The Kier molecular flexibility index (Phi) is 6.28. The minimum atomic E-state index is -4.43. The van der Waals surface area contributed by atoms with E-state index in [1.54, 1.807) is 12.1 Å². The summed E-state index contributed by atoms with van der Waals surface area (Å²) in [6.07, 6.45) is -1.28. The van der Waals surface area contributed by atoms with Crippen LogP contribution in [0.25, 0.3) is 10.2 Å². The number of alkyl halides is 3. The molecule has 0 saturated carbocycles. The zero-order valence-electron chi connectivity index (χ0n) is 17.8. The minimum absolute atomic E-state index is 0.208. The summed E-state index contributed by atoms with van der Waals surface area (Å²) in [5, 5.41) is 3.50. The van der Waals surface area contributed by atoms with Crippen LogP contribution in [0, 0.1) is 6.92 Å². The molecule has 1 fully saturated rings. The predicted octanol–water partition coefficient (Wildman–Crippen LogP) is 5.17. The van der Waals surface area contributed by atoms with Crippen molar-refractivity contribution in [3.63, 3.8) is 0 Å². The molecule has 0 bridgehead atoms. The van der Waals surface area contributed by atoms with E-state index < -0.39 is 11.7 Å². The van der Waals surface area contributed by atoms with Crippen LogP contribution in [0.1, 0.15) is 45.8 Å². The number of fused-ring (bicyclic) bond motifs is 1. The van der Waals surface area contributed by atoms with Crippen LogP contribution in [0.5, 0.6) is 0 Å². The molecule has 1 amide bonds. The number of amides is 1. The van der Waals surface area contributed by atoms with Gasteiger partial charge in [-0.2, -0.15) is 13.2 Å². The molecule has 3 N–H and O–H groups in total. The van der Waals surface area contributed by atoms with E-state index in [9.17, 15) is 18.0 Å². The number of rotatable bonds is 5. The van der Waals surface area contributed by atoms with E-state index in [1.807, 2.05) is 24.0 Å². The smallest absolute Gasteiger partial charge is 0.397 e. The number of hydrogen-bond acceptors (Lipinski definition) is 5. The number of halogens is 3. The largest absolute Gasteiger partial charge is 0.418 e. The van der Waals surface area contributed by atoms with Crippen molar-refractivity contribution >= 4 is 38.8 Å². The Hall–Kier alpha value is -2.81. The van der Waals surface area contributed by atoms with E-state index in [2.05, 4.69) is 10.3 Å². The molecule has 9 heteroatoms. The number of nitrogens with two attached hydrogens (primary N) is 1. The highest BCUT2D eigenvalue weighted by atomic mass is 32.1. The van der Waals surface area contributed by atoms with Crippen molar-refractivity contribution in [1.82, 2.24) is 10.3 Å². The maximum Gasteiger partial charge on any atom is 0.418 e. The molecule has 0 spiro atoms. The van der Waals surface area contributed by atoms with Gasteiger partial charge in [0.1, 0.15) is 9.71 Å². The highest BCUT2D eigenvalue weighted by Gasteiger charge is 2.35. The summed E-state index contributed by atoms with van der Waals surface area (Å²) in [6.45, 7) is 3.35. The molecular weight excluding hydrogens is 437 g/mol. The summed E-state index contributed by atoms with van der Waals surface area (Å²) in [6, 6.07) is 8.15. The van der Waals surface area contributed by atoms with Crippen molar-refractivity contribution in [2.75, 3.05) is 30.3 Å². The molecule has 1 saturated heterocycles. The Balaban J connectivity index is 1.45. The van der Waals surface area contributed by atoms with E-state index in [1.165, 1.54) is 17.4 Å². The molecule has 3 heterocycles. The zero-order valence-corrected chi connectivity index (χ0v) is 18.6. The fourth-order valence-electron chi connectivity index (χ4n) is 4.04. The van der Waals surface area contributed by atoms with Crippen LogP contribution < -0.4 is 16.0 Å². The van der Waals surface area contributed by atoms with Crippen LogP contribution in [-0.2, 0) is 12.6 Å². The van der Waals surface area contributed by atoms with Gasteiger partial charge in [0, 0.05) is 36.4 Å². The van der Waals surface area contributed by atoms with Gasteiger partial charge in [-0.3, -0.25) is 4.79 Å². The third-order valence-electron chi connectivity index (χ3n) is 5.70. The quantitative estimate of drug-likeness (QED) is 0.549. The van der Waals surface area contributed by atoms with Gasteiger partial charge in [0.05, 0.1) is 11.3 Å². The van der Waals surface area contributed by atoms with Crippen LogP contribution in [-0.4, -0.2) is 30.5 Å². The average Bonchev–Trinajstić information content (AvgIpc) is 3.09. The molecule has 0 radical (unpaired) electrons. The predicted molar refractivity (Wildman–Crippen MR) is 122 cm³/mol. The molecule has 0 atom stereocenters. The van der Waals surface area contributed by atoms with E-state index in [4.69, 9.17) is 5.73 Å². The zero-order chi connectivity index (χ0) is 22.9. The number of aromatic nitrogens is 1. The Morgan fingerprint density at radius 2 is 1.94 bits per heavy atom. The molecule has 1 aliphatic heterocycles. The van der Waals surface area contributed by atoms with Crippen molar-refractivity contribution in [3.8, 4) is 0 Å². The molecule has 5 nitrogen and oxygen atoms in total. The van der Waals surface area contributed by atoms with E-state index >= 15 is 0 Å². The van der Waals surface area contributed by atoms with Crippen LogP contribution in [0.4, 0.5) is 24.5 Å². The molecule has 2 aromatic heterocycles. The fourth-order valence-corrected chi connectivity index (χ4v) is 5.09. The van der Waals surface area contributed by atoms with Crippen LogP contribution in [0.2, 0.25) is 0 Å². The molecule has 32 heavy (non-hydrogen) atoms. The first kappa shape index (κ1) is 22.4. The van der Waals surface area contributed by atoms with Crippen molar-refractivity contribution in [1.29, 1.82) is 0 Å². The van der Waals surface area contributed by atoms with Gasteiger partial charge in [-0.25, -0.2) is 4.98 Å². The van der Waals surface area contributed by atoms with Crippen LogP contribution >= 0.6 is 11.3 Å². The number of pyridine rings is 1. The highest BCUT2D eigenvalue weighted by molar-refractivity contribution is 7.21. The first-order valence-electron chi connectivity index (χ1n) is 10.6. The van der Waals surface area contributed by atoms with Crippen LogP contribution in [0.15, 0.2) is 30.3 Å². The number of nitrogens with zero attached hydrogens (tertiary/aromatic N) is 2. The van der Waals surface area contributed by atoms with Crippen molar-refractivity contribution < 1.29 is 18.0 Å². The number of nitrogens with one attached hydrogen (secondary N) is 1.